The van der Waals surface area contributed by atoms with Gasteiger partial charge >= 0.3 is 0 Å². The summed E-state index contributed by atoms with van der Waals surface area (Å²) in [5.74, 6) is 0. The number of hydrogen-bond acceptors (Lipinski definition) is 1. The maximum absolute atomic E-state index is 3.52. The van der Waals surface area contributed by atoms with Crippen LogP contribution in [-0.4, -0.2) is 14.5 Å². The van der Waals surface area contributed by atoms with Crippen LogP contribution in [0, 0.1) is 0 Å². The van der Waals surface area contributed by atoms with Crippen molar-refractivity contribution in [1.82, 2.24) is 4.98 Å². The summed E-state index contributed by atoms with van der Waals surface area (Å²) in [6, 6.07) is 0. The molecule has 58 valence electrons. The molecule has 0 bridgehead atoms. The third kappa shape index (κ3) is 11.8. The summed E-state index contributed by atoms with van der Waals surface area (Å²) in [7, 11) is -0.546. The minimum absolute atomic E-state index is 0. The van der Waals surface area contributed by atoms with Crippen molar-refractivity contribution in [3.63, 3.8) is 0 Å². The molecule has 1 nitrogen and oxygen atoms in total. The van der Waals surface area contributed by atoms with E-state index in [1.807, 2.05) is 0 Å². The van der Waals surface area contributed by atoms with Crippen LogP contribution in [0.15, 0.2) is 0 Å². The van der Waals surface area contributed by atoms with Gasteiger partial charge in [0.25, 0.3) is 0 Å². The van der Waals surface area contributed by atoms with Gasteiger partial charge in [-0.05, 0) is 20.8 Å². The Kier molecular flexibility index (Phi) is 5.83. The number of rotatable bonds is 1. The van der Waals surface area contributed by atoms with Crippen LogP contribution in [-0.2, 0) is 0 Å². The van der Waals surface area contributed by atoms with E-state index in [0.717, 1.165) is 0 Å². The van der Waals surface area contributed by atoms with Crippen LogP contribution in [0.5, 0.6) is 0 Å². The third-order valence-electron chi connectivity index (χ3n) is 0.722. The molecule has 0 aliphatic heterocycles. The van der Waals surface area contributed by atoms with Crippen LogP contribution in [0.4, 0.5) is 0 Å². The Bertz CT molecular complexity index is 67.9. The highest BCUT2D eigenvalue weighted by Crippen LogP contribution is 1.98. The van der Waals surface area contributed by atoms with Gasteiger partial charge in [0.2, 0.25) is 0 Å². The predicted molar refractivity (Wildman–Crippen MR) is 41.8 cm³/mol. The normalized spacial score (nSPS) is 11.3. The molecule has 0 rings (SSSR count). The molecule has 0 saturated carbocycles. The van der Waals surface area contributed by atoms with E-state index < -0.39 is 8.96 Å². The SMILES string of the molecule is C[SiH](C)NC(C)(C)C.[Cl-]. The topological polar surface area (TPSA) is 12.0 Å². The fourth-order valence-corrected chi connectivity index (χ4v) is 2.60. The molecule has 0 aliphatic rings. The summed E-state index contributed by atoms with van der Waals surface area (Å²) < 4.78 is 0. The lowest BCUT2D eigenvalue weighted by atomic mass is 10.1. The van der Waals surface area contributed by atoms with Crippen molar-refractivity contribution in [3.05, 3.63) is 0 Å². The molecule has 0 heterocycles. The lowest BCUT2D eigenvalue weighted by molar-refractivity contribution is -0.00000285. The van der Waals surface area contributed by atoms with E-state index in [-0.39, 0.29) is 12.4 Å². The third-order valence-corrected chi connectivity index (χ3v) is 2.17. The molecular formula is C6H17ClNSi-. The van der Waals surface area contributed by atoms with E-state index in [1.54, 1.807) is 0 Å². The average molecular weight is 167 g/mol. The van der Waals surface area contributed by atoms with Crippen molar-refractivity contribution < 1.29 is 12.4 Å². The van der Waals surface area contributed by atoms with Crippen LogP contribution in [0.3, 0.4) is 0 Å². The Balaban J connectivity index is 0. The van der Waals surface area contributed by atoms with E-state index in [4.69, 9.17) is 0 Å². The maximum atomic E-state index is 3.52. The van der Waals surface area contributed by atoms with Gasteiger partial charge in [0, 0.05) is 5.54 Å². The molecule has 9 heavy (non-hydrogen) atoms. The van der Waals surface area contributed by atoms with Crippen molar-refractivity contribution in [3.8, 4) is 0 Å². The Hall–Kier alpha value is 0.467. The molecule has 0 spiro atoms. The summed E-state index contributed by atoms with van der Waals surface area (Å²) >= 11 is 0. The second kappa shape index (κ2) is 4.31. The molecule has 1 N–H and O–H groups in total. The fourth-order valence-electron chi connectivity index (χ4n) is 0.866. The highest BCUT2D eigenvalue weighted by molar-refractivity contribution is 6.53. The lowest BCUT2D eigenvalue weighted by Gasteiger charge is -2.22. The second-order valence-electron chi connectivity index (χ2n) is 3.55. The molecule has 0 saturated heterocycles. The molecule has 0 amide bonds. The van der Waals surface area contributed by atoms with Gasteiger partial charge in [0.05, 0.1) is 0 Å². The van der Waals surface area contributed by atoms with E-state index >= 15 is 0 Å². The van der Waals surface area contributed by atoms with Crippen LogP contribution in [0.2, 0.25) is 13.1 Å². The van der Waals surface area contributed by atoms with Crippen LogP contribution in [0.25, 0.3) is 0 Å². The van der Waals surface area contributed by atoms with Crippen molar-refractivity contribution in [2.75, 3.05) is 0 Å². The summed E-state index contributed by atoms with van der Waals surface area (Å²) in [4.78, 5) is 3.52. The molecule has 0 unspecified atom stereocenters. The van der Waals surface area contributed by atoms with Gasteiger partial charge in [-0.25, -0.2) is 0 Å². The zero-order valence-corrected chi connectivity index (χ0v) is 8.87. The van der Waals surface area contributed by atoms with E-state index in [9.17, 15) is 0 Å². The van der Waals surface area contributed by atoms with Gasteiger partial charge < -0.3 is 17.4 Å². The summed E-state index contributed by atoms with van der Waals surface area (Å²) in [5.41, 5.74) is 0.334. The Morgan fingerprint density at radius 1 is 1.11 bits per heavy atom. The van der Waals surface area contributed by atoms with Crippen LogP contribution >= 0.6 is 0 Å². The van der Waals surface area contributed by atoms with Crippen molar-refractivity contribution in [2.24, 2.45) is 0 Å². The first-order chi connectivity index (χ1) is 3.42. The van der Waals surface area contributed by atoms with Gasteiger partial charge in [0.15, 0.2) is 0 Å². The monoisotopic (exact) mass is 166 g/mol. The predicted octanol–water partition coefficient (Wildman–Crippen LogP) is -1.64. The summed E-state index contributed by atoms with van der Waals surface area (Å²) in [6.07, 6.45) is 0. The van der Waals surface area contributed by atoms with E-state index in [1.165, 1.54) is 0 Å². The molecule has 0 radical (unpaired) electrons. The smallest absolute Gasteiger partial charge is 0.103 e. The second-order valence-corrected chi connectivity index (χ2v) is 6.15. The highest BCUT2D eigenvalue weighted by Gasteiger charge is 2.09. The van der Waals surface area contributed by atoms with Crippen molar-refractivity contribution in [2.45, 2.75) is 39.4 Å². The zero-order valence-electron chi connectivity index (χ0n) is 6.96. The van der Waals surface area contributed by atoms with Gasteiger partial charge in [0.1, 0.15) is 8.96 Å². The maximum Gasteiger partial charge on any atom is 0.103 e. The van der Waals surface area contributed by atoms with Crippen molar-refractivity contribution in [1.29, 1.82) is 0 Å². The molecule has 0 atom stereocenters. The largest absolute Gasteiger partial charge is 1.00 e. The van der Waals surface area contributed by atoms with Crippen LogP contribution in [0.1, 0.15) is 20.8 Å². The Labute approximate surface area is 66.3 Å². The minimum Gasteiger partial charge on any atom is -1.00 e. The fraction of sp³-hybridized carbons (Fsp3) is 1.00. The van der Waals surface area contributed by atoms with E-state index in [0.29, 0.717) is 5.54 Å². The first kappa shape index (κ1) is 12.2. The quantitative estimate of drug-likeness (QED) is 0.461. The Morgan fingerprint density at radius 3 is 1.44 bits per heavy atom. The first-order valence-electron chi connectivity index (χ1n) is 3.19. The van der Waals surface area contributed by atoms with Crippen molar-refractivity contribution >= 4 is 8.96 Å². The molecular weight excluding hydrogens is 150 g/mol. The molecule has 3 heteroatoms. The average Bonchev–Trinajstić information content (AvgIpc) is 1.21. The molecule has 0 fully saturated rings. The first-order valence-corrected chi connectivity index (χ1v) is 6.08. The molecule has 0 aromatic carbocycles. The van der Waals surface area contributed by atoms with Crippen LogP contribution < -0.4 is 17.4 Å². The Morgan fingerprint density at radius 2 is 1.44 bits per heavy atom. The van der Waals surface area contributed by atoms with Gasteiger partial charge in [-0.3, -0.25) is 0 Å². The van der Waals surface area contributed by atoms with Gasteiger partial charge in [-0.1, -0.05) is 13.1 Å². The highest BCUT2D eigenvalue weighted by atomic mass is 35.5. The van der Waals surface area contributed by atoms with E-state index in [2.05, 4.69) is 38.8 Å². The standard InChI is InChI=1S/C6H17NSi.ClH/c1-6(2,3)7-8(4)5;/h7-8H,1-5H3;1H/p-1. The molecule has 0 aromatic rings. The zero-order chi connectivity index (χ0) is 6.78. The van der Waals surface area contributed by atoms with Gasteiger partial charge in [-0.15, -0.1) is 0 Å². The molecule has 0 aromatic heterocycles. The van der Waals surface area contributed by atoms with Gasteiger partial charge in [-0.2, -0.15) is 0 Å². The number of hydrogen-bond donors (Lipinski definition) is 1. The number of halogens is 1. The lowest BCUT2D eigenvalue weighted by Crippen LogP contribution is -3.00. The number of nitrogens with one attached hydrogen (secondary N) is 1. The molecule has 0 aliphatic carbocycles. The summed E-state index contributed by atoms with van der Waals surface area (Å²) in [5, 5.41) is 0. The minimum atomic E-state index is -0.546. The summed E-state index contributed by atoms with van der Waals surface area (Å²) in [6.45, 7) is 11.2.